The van der Waals surface area contributed by atoms with Crippen molar-refractivity contribution in [1.29, 1.82) is 0 Å². The normalized spacial score (nSPS) is 20.9. The van der Waals surface area contributed by atoms with E-state index in [4.69, 9.17) is 0 Å². The Morgan fingerprint density at radius 2 is 1.67 bits per heavy atom. The molecule has 0 aromatic heterocycles. The van der Waals surface area contributed by atoms with Crippen LogP contribution in [0.4, 0.5) is 5.69 Å². The number of fused-ring (bicyclic) bond motifs is 1. The zero-order valence-electron chi connectivity index (χ0n) is 12.1. The van der Waals surface area contributed by atoms with Crippen LogP contribution < -0.4 is 4.90 Å². The van der Waals surface area contributed by atoms with Crippen LogP contribution in [0, 0.1) is 0 Å². The number of carbonyl (C=O) groups excluding carboxylic acids is 1. The molecule has 21 heavy (non-hydrogen) atoms. The van der Waals surface area contributed by atoms with Crippen molar-refractivity contribution in [2.45, 2.75) is 25.2 Å². The molecule has 0 bridgehead atoms. The van der Waals surface area contributed by atoms with Crippen LogP contribution in [-0.4, -0.2) is 18.9 Å². The van der Waals surface area contributed by atoms with E-state index in [9.17, 15) is 4.79 Å². The van der Waals surface area contributed by atoms with Crippen molar-refractivity contribution in [3.8, 4) is 0 Å². The second kappa shape index (κ2) is 5.03. The first-order valence-electron chi connectivity index (χ1n) is 7.80. The Bertz CT molecular complexity index is 671. The molecule has 1 atom stereocenters. The molecule has 1 saturated heterocycles. The van der Waals surface area contributed by atoms with Gasteiger partial charge in [0.25, 0.3) is 0 Å². The van der Waals surface area contributed by atoms with Crippen LogP contribution in [0.2, 0.25) is 0 Å². The van der Waals surface area contributed by atoms with Crippen LogP contribution >= 0.6 is 0 Å². The smallest absolute Gasteiger partial charge is 0.166 e. The molecule has 0 radical (unpaired) electrons. The quantitative estimate of drug-likeness (QED) is 0.826. The lowest BCUT2D eigenvalue weighted by Gasteiger charge is -2.21. The largest absolute Gasteiger partial charge is 0.371 e. The minimum Gasteiger partial charge on any atom is -0.371 e. The number of Topliss-reactive ketones (excluding diaryl/α,β-unsaturated/α-hetero) is 1. The van der Waals surface area contributed by atoms with E-state index in [1.807, 2.05) is 6.07 Å². The number of benzene rings is 2. The summed E-state index contributed by atoms with van der Waals surface area (Å²) in [5.41, 5.74) is 4.61. The van der Waals surface area contributed by atoms with Gasteiger partial charge in [0.05, 0.1) is 0 Å². The zero-order chi connectivity index (χ0) is 14.2. The molecule has 2 aliphatic rings. The fraction of sp³-hybridized carbons (Fsp3) is 0.316. The predicted molar refractivity (Wildman–Crippen MR) is 85.1 cm³/mol. The Kier molecular flexibility index (Phi) is 3.03. The van der Waals surface area contributed by atoms with Gasteiger partial charge in [-0.1, -0.05) is 42.5 Å². The Hall–Kier alpha value is -2.09. The van der Waals surface area contributed by atoms with Crippen LogP contribution in [0.15, 0.2) is 48.5 Å². The number of hydrogen-bond donors (Lipinski definition) is 0. The summed E-state index contributed by atoms with van der Waals surface area (Å²) in [4.78, 5) is 15.0. The first kappa shape index (κ1) is 12.6. The van der Waals surface area contributed by atoms with E-state index in [1.54, 1.807) is 0 Å². The summed E-state index contributed by atoms with van der Waals surface area (Å²) in [5.74, 6) is 0.539. The molecule has 1 heterocycles. The number of hydrogen-bond acceptors (Lipinski definition) is 2. The summed E-state index contributed by atoms with van der Waals surface area (Å²) >= 11 is 0. The molecule has 1 aliphatic carbocycles. The third kappa shape index (κ3) is 2.06. The molecule has 2 aromatic rings. The summed E-state index contributed by atoms with van der Waals surface area (Å²) in [7, 11) is 0. The van der Waals surface area contributed by atoms with Gasteiger partial charge in [-0.05, 0) is 30.0 Å². The molecule has 0 unspecified atom stereocenters. The topological polar surface area (TPSA) is 20.3 Å². The standard InChI is InChI=1S/C19H19NO/c21-18-13-16(14-7-2-1-3-8-14)15-9-6-10-17(19(15)18)20-11-4-5-12-20/h1-3,6-10,16H,4-5,11-13H2/t16-/m1/s1. The van der Waals surface area contributed by atoms with Gasteiger partial charge < -0.3 is 4.90 Å². The SMILES string of the molecule is O=C1C[C@H](c2ccccc2)c2cccc(N3CCCC3)c21. The van der Waals surface area contributed by atoms with Crippen molar-refractivity contribution in [2.24, 2.45) is 0 Å². The second-order valence-electron chi connectivity index (χ2n) is 6.03. The van der Waals surface area contributed by atoms with Crippen LogP contribution in [-0.2, 0) is 0 Å². The predicted octanol–water partition coefficient (Wildman–Crippen LogP) is 4.01. The van der Waals surface area contributed by atoms with Crippen molar-refractivity contribution < 1.29 is 4.79 Å². The molecule has 2 aromatic carbocycles. The molecule has 1 fully saturated rings. The van der Waals surface area contributed by atoms with Crippen LogP contribution in [0.1, 0.15) is 46.7 Å². The zero-order valence-corrected chi connectivity index (χ0v) is 12.1. The molecule has 0 saturated carbocycles. The monoisotopic (exact) mass is 277 g/mol. The lowest BCUT2D eigenvalue weighted by atomic mass is 9.93. The molecule has 4 rings (SSSR count). The van der Waals surface area contributed by atoms with E-state index in [0.29, 0.717) is 12.2 Å². The van der Waals surface area contributed by atoms with Crippen LogP contribution in [0.25, 0.3) is 0 Å². The van der Waals surface area contributed by atoms with Gasteiger partial charge in [-0.25, -0.2) is 0 Å². The number of nitrogens with zero attached hydrogens (tertiary/aromatic N) is 1. The summed E-state index contributed by atoms with van der Waals surface area (Å²) in [5, 5.41) is 0. The minimum atomic E-state index is 0.233. The Labute approximate surface area is 125 Å². The van der Waals surface area contributed by atoms with Gasteiger partial charge in [-0.3, -0.25) is 4.79 Å². The molecule has 2 heteroatoms. The van der Waals surface area contributed by atoms with Gasteiger partial charge in [0.2, 0.25) is 0 Å². The lowest BCUT2D eigenvalue weighted by Crippen LogP contribution is -2.20. The lowest BCUT2D eigenvalue weighted by molar-refractivity contribution is 0.0992. The van der Waals surface area contributed by atoms with Gasteiger partial charge in [0.1, 0.15) is 0 Å². The highest BCUT2D eigenvalue weighted by molar-refractivity contribution is 6.06. The van der Waals surface area contributed by atoms with Crippen LogP contribution in [0.5, 0.6) is 0 Å². The van der Waals surface area contributed by atoms with Crippen molar-refractivity contribution in [3.05, 3.63) is 65.2 Å². The Morgan fingerprint density at radius 3 is 2.43 bits per heavy atom. The maximum Gasteiger partial charge on any atom is 0.166 e. The van der Waals surface area contributed by atoms with Gasteiger partial charge in [0, 0.05) is 36.7 Å². The molecule has 0 spiro atoms. The van der Waals surface area contributed by atoms with Gasteiger partial charge in [-0.2, -0.15) is 0 Å². The van der Waals surface area contributed by atoms with Crippen LogP contribution in [0.3, 0.4) is 0 Å². The average Bonchev–Trinajstić information content (AvgIpc) is 3.17. The van der Waals surface area contributed by atoms with E-state index in [0.717, 1.165) is 24.3 Å². The highest BCUT2D eigenvalue weighted by Gasteiger charge is 2.33. The first-order valence-corrected chi connectivity index (χ1v) is 7.80. The molecule has 0 amide bonds. The molecule has 2 nitrogen and oxygen atoms in total. The third-order valence-electron chi connectivity index (χ3n) is 4.77. The number of anilines is 1. The maximum absolute atomic E-state index is 12.6. The summed E-state index contributed by atoms with van der Waals surface area (Å²) in [6.07, 6.45) is 3.09. The van der Waals surface area contributed by atoms with Gasteiger partial charge in [0.15, 0.2) is 5.78 Å². The Balaban J connectivity index is 1.80. The molecular formula is C19H19NO. The second-order valence-corrected chi connectivity index (χ2v) is 6.03. The Morgan fingerprint density at radius 1 is 0.905 bits per heavy atom. The minimum absolute atomic E-state index is 0.233. The highest BCUT2D eigenvalue weighted by Crippen LogP contribution is 2.42. The average molecular weight is 277 g/mol. The van der Waals surface area contributed by atoms with E-state index in [-0.39, 0.29) is 5.92 Å². The molecule has 106 valence electrons. The van der Waals surface area contributed by atoms with E-state index < -0.39 is 0 Å². The van der Waals surface area contributed by atoms with E-state index in [2.05, 4.69) is 47.4 Å². The third-order valence-corrected chi connectivity index (χ3v) is 4.77. The fourth-order valence-corrected chi connectivity index (χ4v) is 3.75. The highest BCUT2D eigenvalue weighted by atomic mass is 16.1. The molecule has 0 N–H and O–H groups in total. The van der Waals surface area contributed by atoms with Gasteiger partial charge in [-0.15, -0.1) is 0 Å². The number of ketones is 1. The van der Waals surface area contributed by atoms with Gasteiger partial charge >= 0.3 is 0 Å². The van der Waals surface area contributed by atoms with E-state index >= 15 is 0 Å². The number of rotatable bonds is 2. The summed E-state index contributed by atoms with van der Waals surface area (Å²) < 4.78 is 0. The van der Waals surface area contributed by atoms with E-state index in [1.165, 1.54) is 24.0 Å². The molecule has 1 aliphatic heterocycles. The summed E-state index contributed by atoms with van der Waals surface area (Å²) in [6, 6.07) is 16.8. The van der Waals surface area contributed by atoms with Crippen molar-refractivity contribution in [1.82, 2.24) is 0 Å². The van der Waals surface area contributed by atoms with Crippen molar-refractivity contribution in [2.75, 3.05) is 18.0 Å². The maximum atomic E-state index is 12.6. The van der Waals surface area contributed by atoms with Crippen molar-refractivity contribution in [3.63, 3.8) is 0 Å². The summed E-state index contributed by atoms with van der Waals surface area (Å²) in [6.45, 7) is 2.17. The fourth-order valence-electron chi connectivity index (χ4n) is 3.75. The first-order chi connectivity index (χ1) is 10.3. The number of carbonyl (C=O) groups is 1. The van der Waals surface area contributed by atoms with Crippen molar-refractivity contribution >= 4 is 11.5 Å². The molecular weight excluding hydrogens is 258 g/mol.